The van der Waals surface area contributed by atoms with E-state index in [1.165, 1.54) is 0 Å². The van der Waals surface area contributed by atoms with Gasteiger partial charge in [-0.25, -0.2) is 4.98 Å². The fourth-order valence-corrected chi connectivity index (χ4v) is 1.57. The molecule has 0 atom stereocenters. The second-order valence-electron chi connectivity index (χ2n) is 3.76. The quantitative estimate of drug-likeness (QED) is 0.786. The maximum Gasteiger partial charge on any atom is 0.152 e. The normalized spacial score (nSPS) is 11.1. The average molecular weight is 189 g/mol. The number of imidazole rings is 1. The molecule has 0 saturated carbocycles. The fraction of sp³-hybridized carbons (Fsp3) is 0.364. The maximum atomic E-state index is 4.48. The van der Waals surface area contributed by atoms with E-state index in [0.29, 0.717) is 6.04 Å². The molecule has 0 spiro atoms. The smallest absolute Gasteiger partial charge is 0.152 e. The van der Waals surface area contributed by atoms with Gasteiger partial charge in [0.2, 0.25) is 0 Å². The first-order chi connectivity index (χ1) is 6.68. The molecule has 3 nitrogen and oxygen atoms in total. The summed E-state index contributed by atoms with van der Waals surface area (Å²) in [6.07, 6.45) is 2.03. The van der Waals surface area contributed by atoms with E-state index in [1.54, 1.807) is 0 Å². The summed E-state index contributed by atoms with van der Waals surface area (Å²) in [5, 5.41) is 3.34. The van der Waals surface area contributed by atoms with Gasteiger partial charge in [-0.2, -0.15) is 0 Å². The third-order valence-electron chi connectivity index (χ3n) is 2.15. The van der Waals surface area contributed by atoms with Gasteiger partial charge in [-0.3, -0.25) is 0 Å². The molecule has 0 fully saturated rings. The summed E-state index contributed by atoms with van der Waals surface area (Å²) in [6, 6.07) is 6.53. The van der Waals surface area contributed by atoms with E-state index in [1.807, 2.05) is 25.3 Å². The Bertz CT molecular complexity index is 443. The minimum Gasteiger partial charge on any atom is -0.366 e. The lowest BCUT2D eigenvalue weighted by Gasteiger charge is -2.06. The first-order valence-corrected chi connectivity index (χ1v) is 4.88. The zero-order valence-corrected chi connectivity index (χ0v) is 8.78. The van der Waals surface area contributed by atoms with Gasteiger partial charge < -0.3 is 9.72 Å². The van der Waals surface area contributed by atoms with Gasteiger partial charge in [-0.15, -0.1) is 0 Å². The van der Waals surface area contributed by atoms with Gasteiger partial charge in [0.25, 0.3) is 0 Å². The summed E-state index contributed by atoms with van der Waals surface area (Å²) in [6.45, 7) is 6.24. The van der Waals surface area contributed by atoms with Crippen molar-refractivity contribution in [1.29, 1.82) is 0 Å². The highest BCUT2D eigenvalue weighted by molar-refractivity contribution is 5.69. The Morgan fingerprint density at radius 2 is 2.14 bits per heavy atom. The number of fused-ring (bicyclic) bond motifs is 1. The predicted octanol–water partition coefficient (Wildman–Crippen LogP) is 2.46. The average Bonchev–Trinajstić information content (AvgIpc) is 2.44. The van der Waals surface area contributed by atoms with Crippen molar-refractivity contribution in [3.05, 3.63) is 30.2 Å². The van der Waals surface area contributed by atoms with E-state index < -0.39 is 0 Å². The molecule has 0 aliphatic carbocycles. The number of hydrogen-bond donors (Lipinski definition) is 1. The van der Waals surface area contributed by atoms with Crippen molar-refractivity contribution in [2.75, 3.05) is 5.32 Å². The van der Waals surface area contributed by atoms with Gasteiger partial charge in [0.15, 0.2) is 5.82 Å². The van der Waals surface area contributed by atoms with E-state index in [9.17, 15) is 0 Å². The van der Waals surface area contributed by atoms with Gasteiger partial charge in [0, 0.05) is 12.2 Å². The van der Waals surface area contributed by atoms with Gasteiger partial charge >= 0.3 is 0 Å². The van der Waals surface area contributed by atoms with Crippen LogP contribution in [0.4, 0.5) is 5.82 Å². The van der Waals surface area contributed by atoms with Crippen molar-refractivity contribution < 1.29 is 0 Å². The molecular weight excluding hydrogens is 174 g/mol. The van der Waals surface area contributed by atoms with Crippen molar-refractivity contribution >= 4 is 11.3 Å². The van der Waals surface area contributed by atoms with E-state index in [4.69, 9.17) is 0 Å². The predicted molar refractivity (Wildman–Crippen MR) is 58.7 cm³/mol. The number of nitrogens with one attached hydrogen (secondary N) is 1. The van der Waals surface area contributed by atoms with Crippen LogP contribution in [0.25, 0.3) is 5.52 Å². The Morgan fingerprint density at radius 3 is 2.86 bits per heavy atom. The second-order valence-corrected chi connectivity index (χ2v) is 3.76. The fourth-order valence-electron chi connectivity index (χ4n) is 1.57. The molecule has 2 aromatic heterocycles. The van der Waals surface area contributed by atoms with Crippen molar-refractivity contribution in [3.8, 4) is 0 Å². The van der Waals surface area contributed by atoms with Gasteiger partial charge in [-0.05, 0) is 32.9 Å². The maximum absolute atomic E-state index is 4.48. The molecule has 74 valence electrons. The highest BCUT2D eigenvalue weighted by Gasteiger charge is 2.07. The van der Waals surface area contributed by atoms with E-state index in [0.717, 1.165) is 17.2 Å². The van der Waals surface area contributed by atoms with Crippen LogP contribution in [0.2, 0.25) is 0 Å². The monoisotopic (exact) mass is 189 g/mol. The topological polar surface area (TPSA) is 29.3 Å². The largest absolute Gasteiger partial charge is 0.366 e. The molecule has 0 saturated heterocycles. The Morgan fingerprint density at radius 1 is 1.36 bits per heavy atom. The van der Waals surface area contributed by atoms with Gasteiger partial charge in [0.05, 0.1) is 5.52 Å². The molecule has 3 heteroatoms. The van der Waals surface area contributed by atoms with E-state index in [2.05, 4.69) is 34.6 Å². The van der Waals surface area contributed by atoms with Crippen LogP contribution in [0.5, 0.6) is 0 Å². The number of pyridine rings is 1. The molecule has 2 aromatic rings. The number of nitrogens with zero attached hydrogens (tertiary/aromatic N) is 2. The summed E-state index contributed by atoms with van der Waals surface area (Å²) >= 11 is 0. The lowest BCUT2D eigenvalue weighted by Crippen LogP contribution is -2.10. The Hall–Kier alpha value is -1.51. The standard InChI is InChI=1S/C11H15N3/c1-8(2)12-11-10-6-4-5-7-14(10)9(3)13-11/h4-8,12H,1-3H3. The van der Waals surface area contributed by atoms with Crippen LogP contribution in [-0.2, 0) is 0 Å². The Labute approximate surface area is 83.8 Å². The third kappa shape index (κ3) is 1.45. The summed E-state index contributed by atoms with van der Waals surface area (Å²) in [5.41, 5.74) is 1.14. The first-order valence-electron chi connectivity index (χ1n) is 4.88. The number of anilines is 1. The van der Waals surface area contributed by atoms with Crippen LogP contribution < -0.4 is 5.32 Å². The van der Waals surface area contributed by atoms with Crippen LogP contribution in [0.3, 0.4) is 0 Å². The lowest BCUT2D eigenvalue weighted by molar-refractivity contribution is 0.892. The minimum absolute atomic E-state index is 0.410. The molecule has 0 radical (unpaired) electrons. The summed E-state index contributed by atoms with van der Waals surface area (Å²) in [5.74, 6) is 1.99. The highest BCUT2D eigenvalue weighted by Crippen LogP contribution is 2.17. The number of hydrogen-bond acceptors (Lipinski definition) is 2. The van der Waals surface area contributed by atoms with Crippen LogP contribution in [-0.4, -0.2) is 15.4 Å². The lowest BCUT2D eigenvalue weighted by atomic mass is 10.3. The molecule has 0 aromatic carbocycles. The molecule has 0 bridgehead atoms. The van der Waals surface area contributed by atoms with E-state index in [-0.39, 0.29) is 0 Å². The molecule has 14 heavy (non-hydrogen) atoms. The van der Waals surface area contributed by atoms with Crippen LogP contribution in [0.1, 0.15) is 19.7 Å². The van der Waals surface area contributed by atoms with Crippen molar-refractivity contribution in [3.63, 3.8) is 0 Å². The number of aromatic nitrogens is 2. The zero-order chi connectivity index (χ0) is 10.1. The number of aryl methyl sites for hydroxylation is 1. The molecule has 2 heterocycles. The van der Waals surface area contributed by atoms with Crippen LogP contribution >= 0.6 is 0 Å². The van der Waals surface area contributed by atoms with Gasteiger partial charge in [-0.1, -0.05) is 6.07 Å². The molecule has 0 aliphatic heterocycles. The van der Waals surface area contributed by atoms with Crippen molar-refractivity contribution in [2.45, 2.75) is 26.8 Å². The third-order valence-corrected chi connectivity index (χ3v) is 2.15. The van der Waals surface area contributed by atoms with Crippen molar-refractivity contribution in [1.82, 2.24) is 9.38 Å². The molecule has 0 amide bonds. The highest BCUT2D eigenvalue weighted by atomic mass is 15.1. The zero-order valence-electron chi connectivity index (χ0n) is 8.78. The molecule has 1 N–H and O–H groups in total. The minimum atomic E-state index is 0.410. The summed E-state index contributed by atoms with van der Waals surface area (Å²) in [7, 11) is 0. The van der Waals surface area contributed by atoms with Crippen molar-refractivity contribution in [2.24, 2.45) is 0 Å². The summed E-state index contributed by atoms with van der Waals surface area (Å²) in [4.78, 5) is 4.48. The molecule has 0 aliphatic rings. The second kappa shape index (κ2) is 3.33. The van der Waals surface area contributed by atoms with Crippen LogP contribution in [0, 0.1) is 6.92 Å². The first kappa shape index (κ1) is 9.06. The Kier molecular flexibility index (Phi) is 2.15. The Balaban J connectivity index is 2.55. The molecule has 0 unspecified atom stereocenters. The molecule has 2 rings (SSSR count). The number of rotatable bonds is 2. The SMILES string of the molecule is Cc1nc(NC(C)C)c2ccccn12. The van der Waals surface area contributed by atoms with Crippen LogP contribution in [0.15, 0.2) is 24.4 Å². The van der Waals surface area contributed by atoms with Gasteiger partial charge in [0.1, 0.15) is 5.82 Å². The van der Waals surface area contributed by atoms with E-state index >= 15 is 0 Å². The summed E-state index contributed by atoms with van der Waals surface area (Å²) < 4.78 is 2.09. The molecular formula is C11H15N3.